The van der Waals surface area contributed by atoms with Crippen LogP contribution in [0.15, 0.2) is 29.4 Å². The van der Waals surface area contributed by atoms with E-state index < -0.39 is 0 Å². The maximum atomic E-state index is 5.17. The maximum Gasteiger partial charge on any atom is 0.129 e. The smallest absolute Gasteiger partial charge is 0.129 e. The Labute approximate surface area is 209 Å². The fourth-order valence-corrected chi connectivity index (χ4v) is 4.59. The zero-order chi connectivity index (χ0) is 26.3. The first-order valence-corrected chi connectivity index (χ1v) is 12.5. The summed E-state index contributed by atoms with van der Waals surface area (Å²) in [6.07, 6.45) is 1.82. The third-order valence-corrected chi connectivity index (χ3v) is 5.84. The average molecular weight is 471 g/mol. The number of oxime groups is 1. The second-order valence-electron chi connectivity index (χ2n) is 13.8. The molecule has 0 amide bonds. The zero-order valence-corrected chi connectivity index (χ0v) is 24.4. The van der Waals surface area contributed by atoms with Crippen LogP contribution < -0.4 is 0 Å². The van der Waals surface area contributed by atoms with Crippen molar-refractivity contribution >= 4 is 17.1 Å². The molecule has 1 aliphatic heterocycles. The van der Waals surface area contributed by atoms with E-state index in [9.17, 15) is 0 Å². The van der Waals surface area contributed by atoms with E-state index in [-0.39, 0.29) is 22.0 Å². The van der Waals surface area contributed by atoms with Crippen LogP contribution >= 0.6 is 0 Å². The molecule has 1 aromatic heterocycles. The van der Waals surface area contributed by atoms with Crippen LogP contribution in [0.2, 0.25) is 0 Å². The first-order chi connectivity index (χ1) is 15.2. The Balaban J connectivity index is 0.000000316. The molecule has 0 radical (unpaired) electrons. The summed E-state index contributed by atoms with van der Waals surface area (Å²) in [6.45, 7) is 27.1. The number of fused-ring (bicyclic) bond motifs is 3. The van der Waals surface area contributed by atoms with Gasteiger partial charge in [-0.1, -0.05) is 64.9 Å². The first kappa shape index (κ1) is 28.4. The number of rotatable bonds is 1. The summed E-state index contributed by atoms with van der Waals surface area (Å²) in [6, 6.07) is 9.29. The fourth-order valence-electron chi connectivity index (χ4n) is 4.59. The predicted molar refractivity (Wildman–Crippen MR) is 147 cm³/mol. The van der Waals surface area contributed by atoms with E-state index in [0.29, 0.717) is 6.04 Å². The summed E-state index contributed by atoms with van der Waals surface area (Å²) in [7, 11) is 4.43. The SMILES string of the molecule is CC(C)(C)/C=N/OC(C)(C)C.CN1Cc2c(c3ccccc3n2C(C)(C)C)C(C(C)(C)C)N1C. The Morgan fingerprint density at radius 1 is 0.882 bits per heavy atom. The normalized spacial score (nSPS) is 18.7. The number of hydrazine groups is 1. The summed E-state index contributed by atoms with van der Waals surface area (Å²) in [5.41, 5.74) is 4.52. The van der Waals surface area contributed by atoms with Crippen molar-refractivity contribution in [3.8, 4) is 0 Å². The van der Waals surface area contributed by atoms with Crippen LogP contribution in [0, 0.1) is 10.8 Å². The van der Waals surface area contributed by atoms with Gasteiger partial charge in [0.2, 0.25) is 0 Å². The Kier molecular flexibility index (Phi) is 8.06. The van der Waals surface area contributed by atoms with Gasteiger partial charge in [0.25, 0.3) is 0 Å². The molecule has 2 heterocycles. The van der Waals surface area contributed by atoms with Crippen molar-refractivity contribution in [1.29, 1.82) is 0 Å². The lowest BCUT2D eigenvalue weighted by atomic mass is 9.80. The second kappa shape index (κ2) is 9.66. The first-order valence-electron chi connectivity index (χ1n) is 12.5. The van der Waals surface area contributed by atoms with Crippen molar-refractivity contribution < 1.29 is 4.84 Å². The molecule has 2 aromatic rings. The molecular formula is C29H50N4O. The molecule has 1 aliphatic rings. The van der Waals surface area contributed by atoms with Gasteiger partial charge in [0.1, 0.15) is 5.60 Å². The molecule has 0 spiro atoms. The Morgan fingerprint density at radius 3 is 1.91 bits per heavy atom. The third kappa shape index (κ3) is 6.85. The summed E-state index contributed by atoms with van der Waals surface area (Å²) < 4.78 is 2.56. The highest BCUT2D eigenvalue weighted by molar-refractivity contribution is 5.86. The molecule has 0 bridgehead atoms. The molecule has 0 fully saturated rings. The van der Waals surface area contributed by atoms with Gasteiger partial charge in [-0.15, -0.1) is 0 Å². The largest absolute Gasteiger partial charge is 0.390 e. The highest BCUT2D eigenvalue weighted by Crippen LogP contribution is 2.47. The van der Waals surface area contributed by atoms with Crippen LogP contribution in [0.1, 0.15) is 100 Å². The van der Waals surface area contributed by atoms with Crippen molar-refractivity contribution in [3.05, 3.63) is 35.5 Å². The molecule has 0 N–H and O–H groups in total. The van der Waals surface area contributed by atoms with Crippen LogP contribution in [-0.4, -0.2) is 40.5 Å². The molecule has 0 aliphatic carbocycles. The highest BCUT2D eigenvalue weighted by Gasteiger charge is 2.41. The predicted octanol–water partition coefficient (Wildman–Crippen LogP) is 7.61. The summed E-state index contributed by atoms with van der Waals surface area (Å²) in [5.74, 6) is 0. The lowest BCUT2D eigenvalue weighted by Gasteiger charge is -2.47. The maximum absolute atomic E-state index is 5.17. The molecule has 5 heteroatoms. The van der Waals surface area contributed by atoms with Crippen molar-refractivity contribution in [1.82, 2.24) is 14.6 Å². The molecule has 1 aromatic carbocycles. The molecule has 34 heavy (non-hydrogen) atoms. The Hall–Kier alpha value is -1.85. The van der Waals surface area contributed by atoms with Gasteiger partial charge in [-0.25, -0.2) is 10.0 Å². The van der Waals surface area contributed by atoms with Gasteiger partial charge in [0.15, 0.2) is 0 Å². The minimum absolute atomic E-state index is 0.0758. The number of para-hydroxylation sites is 1. The van der Waals surface area contributed by atoms with Crippen molar-refractivity contribution in [2.75, 3.05) is 14.1 Å². The molecule has 1 unspecified atom stereocenters. The molecule has 5 nitrogen and oxygen atoms in total. The summed E-state index contributed by atoms with van der Waals surface area (Å²) in [4.78, 5) is 5.17. The molecular weight excluding hydrogens is 420 g/mol. The van der Waals surface area contributed by atoms with Crippen LogP contribution in [0.4, 0.5) is 0 Å². The molecule has 192 valence electrons. The van der Waals surface area contributed by atoms with E-state index in [4.69, 9.17) is 4.84 Å². The van der Waals surface area contributed by atoms with Gasteiger partial charge in [-0.3, -0.25) is 0 Å². The minimum atomic E-state index is -0.179. The lowest BCUT2D eigenvalue weighted by molar-refractivity contribution is -0.0760. The number of benzene rings is 1. The van der Waals surface area contributed by atoms with E-state index in [2.05, 4.69) is 120 Å². The van der Waals surface area contributed by atoms with Crippen molar-refractivity contribution in [2.24, 2.45) is 16.0 Å². The van der Waals surface area contributed by atoms with E-state index in [1.807, 2.05) is 27.0 Å². The zero-order valence-electron chi connectivity index (χ0n) is 24.4. The van der Waals surface area contributed by atoms with Crippen molar-refractivity contribution in [2.45, 2.75) is 107 Å². The summed E-state index contributed by atoms with van der Waals surface area (Å²) in [5, 5.41) is 10.1. The monoisotopic (exact) mass is 470 g/mol. The van der Waals surface area contributed by atoms with Crippen molar-refractivity contribution in [3.63, 3.8) is 0 Å². The number of nitrogens with zero attached hydrogens (tertiary/aromatic N) is 4. The number of hydrogen-bond donors (Lipinski definition) is 0. The quantitative estimate of drug-likeness (QED) is 0.318. The highest BCUT2D eigenvalue weighted by atomic mass is 16.6. The topological polar surface area (TPSA) is 33.0 Å². The fraction of sp³-hybridized carbons (Fsp3) is 0.690. The third-order valence-electron chi connectivity index (χ3n) is 5.84. The molecule has 0 saturated heterocycles. The molecule has 1 atom stereocenters. The van der Waals surface area contributed by atoms with Gasteiger partial charge in [0, 0.05) is 53.4 Å². The Bertz CT molecular complexity index is 991. The number of aromatic nitrogens is 1. The summed E-state index contributed by atoms with van der Waals surface area (Å²) >= 11 is 0. The van der Waals surface area contributed by atoms with E-state index >= 15 is 0 Å². The van der Waals surface area contributed by atoms with Gasteiger partial charge in [0.05, 0.1) is 12.6 Å². The van der Waals surface area contributed by atoms with Gasteiger partial charge < -0.3 is 9.40 Å². The van der Waals surface area contributed by atoms with E-state index in [0.717, 1.165) is 6.54 Å². The van der Waals surface area contributed by atoms with E-state index in [1.54, 1.807) is 0 Å². The second-order valence-corrected chi connectivity index (χ2v) is 13.8. The number of hydrogen-bond acceptors (Lipinski definition) is 4. The van der Waals surface area contributed by atoms with Crippen LogP contribution in [-0.2, 0) is 16.9 Å². The van der Waals surface area contributed by atoms with Gasteiger partial charge in [-0.05, 0) is 53.0 Å². The standard InChI is InChI=1S/C20H31N3.C9H19NO/c1-19(2,3)18-17-14-11-9-10-12-15(14)23(20(4,5)6)16(17)13-21(7)22(18)8;1-8(2,3)7-10-11-9(4,5)6/h9-12,18H,13H2,1-8H3;7H,1-6H3/b;10-7+. The van der Waals surface area contributed by atoms with E-state index in [1.165, 1.54) is 22.2 Å². The minimum Gasteiger partial charge on any atom is -0.390 e. The molecule has 0 saturated carbocycles. The Morgan fingerprint density at radius 2 is 1.44 bits per heavy atom. The van der Waals surface area contributed by atoms with Crippen LogP contribution in [0.3, 0.4) is 0 Å². The average Bonchev–Trinajstić information content (AvgIpc) is 2.93. The van der Waals surface area contributed by atoms with Gasteiger partial charge >= 0.3 is 0 Å². The van der Waals surface area contributed by atoms with Crippen LogP contribution in [0.25, 0.3) is 10.9 Å². The van der Waals surface area contributed by atoms with Crippen LogP contribution in [0.5, 0.6) is 0 Å². The van der Waals surface area contributed by atoms with Gasteiger partial charge in [-0.2, -0.15) is 0 Å². The lowest BCUT2D eigenvalue weighted by Crippen LogP contribution is -2.48. The molecule has 3 rings (SSSR count).